The van der Waals surface area contributed by atoms with Crippen LogP contribution in [0.3, 0.4) is 0 Å². The summed E-state index contributed by atoms with van der Waals surface area (Å²) in [6, 6.07) is 14.7. The quantitative estimate of drug-likeness (QED) is 0.527. The molecule has 0 saturated heterocycles. The van der Waals surface area contributed by atoms with Crippen molar-refractivity contribution >= 4 is 17.8 Å². The first-order valence-corrected chi connectivity index (χ1v) is 8.14. The second kappa shape index (κ2) is 10.0. The Morgan fingerprint density at radius 1 is 1.19 bits per heavy atom. The van der Waals surface area contributed by atoms with Gasteiger partial charge in [0.2, 0.25) is 0 Å². The number of anilines is 1. The largest absolute Gasteiger partial charge is 0.493 e. The lowest BCUT2D eigenvalue weighted by molar-refractivity contribution is -0.123. The van der Waals surface area contributed by atoms with Crippen molar-refractivity contribution in [3.8, 4) is 11.5 Å². The monoisotopic (exact) mass is 357 g/mol. The summed E-state index contributed by atoms with van der Waals surface area (Å²) >= 11 is 0. The van der Waals surface area contributed by atoms with E-state index in [2.05, 4.69) is 10.5 Å². The number of hydrazone groups is 1. The van der Waals surface area contributed by atoms with E-state index in [4.69, 9.17) is 14.6 Å². The summed E-state index contributed by atoms with van der Waals surface area (Å²) in [5.74, 6) is 0.693. The van der Waals surface area contributed by atoms with Crippen molar-refractivity contribution in [1.82, 2.24) is 5.43 Å². The molecule has 1 amide bonds. The van der Waals surface area contributed by atoms with E-state index in [9.17, 15) is 4.79 Å². The van der Waals surface area contributed by atoms with Crippen molar-refractivity contribution in [2.24, 2.45) is 5.10 Å². The number of aliphatic hydroxyl groups excluding tert-OH is 1. The minimum Gasteiger partial charge on any atom is -0.493 e. The van der Waals surface area contributed by atoms with Gasteiger partial charge in [-0.1, -0.05) is 24.3 Å². The molecule has 26 heavy (non-hydrogen) atoms. The summed E-state index contributed by atoms with van der Waals surface area (Å²) in [7, 11) is 3.45. The van der Waals surface area contributed by atoms with Crippen molar-refractivity contribution in [1.29, 1.82) is 0 Å². The molecule has 0 aliphatic carbocycles. The highest BCUT2D eigenvalue weighted by molar-refractivity contribution is 5.83. The van der Waals surface area contributed by atoms with Gasteiger partial charge in [-0.25, -0.2) is 5.43 Å². The number of nitrogens with one attached hydrogen (secondary N) is 1. The molecule has 0 saturated carbocycles. The van der Waals surface area contributed by atoms with Gasteiger partial charge >= 0.3 is 0 Å². The minimum atomic E-state index is -0.369. The van der Waals surface area contributed by atoms with E-state index in [1.807, 2.05) is 42.3 Å². The second-order valence-corrected chi connectivity index (χ2v) is 5.47. The summed E-state index contributed by atoms with van der Waals surface area (Å²) in [4.78, 5) is 13.7. The molecule has 0 heterocycles. The number of hydrogen-bond donors (Lipinski definition) is 2. The molecule has 0 unspecified atom stereocenters. The van der Waals surface area contributed by atoms with Gasteiger partial charge in [0, 0.05) is 19.3 Å². The number of benzene rings is 2. The molecular weight excluding hydrogens is 334 g/mol. The zero-order valence-corrected chi connectivity index (χ0v) is 14.9. The normalized spacial score (nSPS) is 10.6. The number of carbonyl (C=O) groups excluding carboxylic acids is 1. The van der Waals surface area contributed by atoms with E-state index >= 15 is 0 Å². The summed E-state index contributed by atoms with van der Waals surface area (Å²) in [6.45, 7) is 0.501. The van der Waals surface area contributed by atoms with E-state index in [0.717, 1.165) is 11.3 Å². The Morgan fingerprint density at radius 3 is 2.54 bits per heavy atom. The first kappa shape index (κ1) is 19.3. The number of methoxy groups -OCH3 is 1. The molecule has 0 aliphatic heterocycles. The van der Waals surface area contributed by atoms with E-state index in [1.165, 1.54) is 0 Å². The Morgan fingerprint density at radius 2 is 1.88 bits per heavy atom. The van der Waals surface area contributed by atoms with E-state index in [1.54, 1.807) is 31.5 Å². The maximum Gasteiger partial charge on any atom is 0.277 e. The van der Waals surface area contributed by atoms with Crippen molar-refractivity contribution in [2.75, 3.05) is 38.8 Å². The summed E-state index contributed by atoms with van der Waals surface area (Å²) in [5, 5.41) is 12.9. The van der Waals surface area contributed by atoms with Crippen molar-refractivity contribution in [2.45, 2.75) is 0 Å². The first-order valence-electron chi connectivity index (χ1n) is 8.14. The highest BCUT2D eigenvalue weighted by Gasteiger charge is 2.06. The lowest BCUT2D eigenvalue weighted by Crippen LogP contribution is -2.24. The summed E-state index contributed by atoms with van der Waals surface area (Å²) in [6.07, 6.45) is 1.55. The minimum absolute atomic E-state index is 0.0999. The zero-order valence-electron chi connectivity index (χ0n) is 14.9. The fraction of sp³-hybridized carbons (Fsp3) is 0.263. The molecule has 0 spiro atoms. The third-order valence-electron chi connectivity index (χ3n) is 3.60. The van der Waals surface area contributed by atoms with Crippen molar-refractivity contribution < 1.29 is 19.4 Å². The van der Waals surface area contributed by atoms with Crippen LogP contribution in [-0.4, -0.2) is 51.1 Å². The molecule has 0 radical (unpaired) electrons. The summed E-state index contributed by atoms with van der Waals surface area (Å²) < 4.78 is 10.6. The van der Waals surface area contributed by atoms with Crippen LogP contribution in [0.5, 0.6) is 11.5 Å². The molecule has 2 aromatic carbocycles. The molecule has 7 heteroatoms. The number of hydrogen-bond acceptors (Lipinski definition) is 6. The predicted octanol–water partition coefficient (Wildman–Crippen LogP) is 1.65. The molecule has 0 bridgehead atoms. The molecule has 2 rings (SSSR count). The van der Waals surface area contributed by atoms with E-state index < -0.39 is 0 Å². The predicted molar refractivity (Wildman–Crippen MR) is 101 cm³/mol. The van der Waals surface area contributed by atoms with Gasteiger partial charge < -0.3 is 19.5 Å². The second-order valence-electron chi connectivity index (χ2n) is 5.47. The number of amides is 1. The van der Waals surface area contributed by atoms with Crippen LogP contribution in [0.1, 0.15) is 5.56 Å². The van der Waals surface area contributed by atoms with Gasteiger partial charge in [-0.2, -0.15) is 5.10 Å². The Balaban J connectivity index is 1.81. The Labute approximate surface area is 152 Å². The van der Waals surface area contributed by atoms with E-state index in [0.29, 0.717) is 18.0 Å². The molecule has 7 nitrogen and oxygen atoms in total. The smallest absolute Gasteiger partial charge is 0.277 e. The molecule has 0 atom stereocenters. The zero-order chi connectivity index (χ0) is 18.8. The van der Waals surface area contributed by atoms with Crippen LogP contribution in [-0.2, 0) is 4.79 Å². The highest BCUT2D eigenvalue weighted by atomic mass is 16.5. The van der Waals surface area contributed by atoms with Crippen LogP contribution in [0.4, 0.5) is 5.69 Å². The van der Waals surface area contributed by atoms with Crippen LogP contribution < -0.4 is 19.8 Å². The lowest BCUT2D eigenvalue weighted by atomic mass is 10.2. The van der Waals surface area contributed by atoms with Gasteiger partial charge in [0.25, 0.3) is 5.91 Å². The van der Waals surface area contributed by atoms with Crippen molar-refractivity contribution in [3.63, 3.8) is 0 Å². The van der Waals surface area contributed by atoms with Crippen LogP contribution in [0.15, 0.2) is 53.6 Å². The third kappa shape index (κ3) is 5.78. The molecule has 0 fully saturated rings. The van der Waals surface area contributed by atoms with Crippen LogP contribution in [0.25, 0.3) is 0 Å². The number of aliphatic hydroxyl groups is 1. The standard InChI is InChI=1S/C19H23N3O4/c1-22(11-12-23)16-9-7-15(8-10-16)13-20-21-19(24)14-26-18-6-4-3-5-17(18)25-2/h3-10,13,23H,11-12,14H2,1-2H3,(H,21,24)/b20-13-. The number of para-hydroxylation sites is 2. The SMILES string of the molecule is COc1ccccc1OCC(=O)N/N=C\c1ccc(N(C)CCO)cc1. The Kier molecular flexibility index (Phi) is 7.45. The average Bonchev–Trinajstić information content (AvgIpc) is 2.67. The van der Waals surface area contributed by atoms with Gasteiger partial charge in [0.05, 0.1) is 19.9 Å². The van der Waals surface area contributed by atoms with Crippen molar-refractivity contribution in [3.05, 3.63) is 54.1 Å². The van der Waals surface area contributed by atoms with Gasteiger partial charge in [0.1, 0.15) is 0 Å². The van der Waals surface area contributed by atoms with Crippen LogP contribution in [0, 0.1) is 0 Å². The van der Waals surface area contributed by atoms with Crippen LogP contribution >= 0.6 is 0 Å². The topological polar surface area (TPSA) is 83.4 Å². The fourth-order valence-corrected chi connectivity index (χ4v) is 2.19. The maximum atomic E-state index is 11.8. The number of ether oxygens (including phenoxy) is 2. The summed E-state index contributed by atoms with van der Waals surface area (Å²) in [5.41, 5.74) is 4.25. The van der Waals surface area contributed by atoms with Gasteiger partial charge in [-0.05, 0) is 29.8 Å². The Bertz CT molecular complexity index is 732. The molecule has 0 aliphatic rings. The fourth-order valence-electron chi connectivity index (χ4n) is 2.19. The highest BCUT2D eigenvalue weighted by Crippen LogP contribution is 2.25. The van der Waals surface area contributed by atoms with Gasteiger partial charge in [0.15, 0.2) is 18.1 Å². The molecule has 0 aromatic heterocycles. The molecule has 2 N–H and O–H groups in total. The number of nitrogens with zero attached hydrogens (tertiary/aromatic N) is 2. The Hall–Kier alpha value is -3.06. The van der Waals surface area contributed by atoms with Gasteiger partial charge in [-0.3, -0.25) is 4.79 Å². The molecule has 2 aromatic rings. The average molecular weight is 357 g/mol. The van der Waals surface area contributed by atoms with Gasteiger partial charge in [-0.15, -0.1) is 0 Å². The van der Waals surface area contributed by atoms with E-state index in [-0.39, 0.29) is 19.1 Å². The molecular formula is C19H23N3O4. The van der Waals surface area contributed by atoms with Crippen LogP contribution in [0.2, 0.25) is 0 Å². The number of carbonyl (C=O) groups is 1. The lowest BCUT2D eigenvalue weighted by Gasteiger charge is -2.17. The molecule has 138 valence electrons. The first-order chi connectivity index (χ1) is 12.6. The number of rotatable bonds is 9. The maximum absolute atomic E-state index is 11.8. The number of likely N-dealkylation sites (N-methyl/N-ethyl adjacent to an activating group) is 1. The third-order valence-corrected chi connectivity index (χ3v) is 3.60.